The highest BCUT2D eigenvalue weighted by atomic mass is 35.5. The summed E-state index contributed by atoms with van der Waals surface area (Å²) in [5, 5.41) is 10.3. The number of halogens is 2. The monoisotopic (exact) mass is 578 g/mol. The Bertz CT molecular complexity index is 1730. The van der Waals surface area contributed by atoms with E-state index in [0.717, 1.165) is 11.1 Å². The van der Waals surface area contributed by atoms with E-state index in [1.807, 2.05) is 52.5 Å². The molecule has 0 spiro atoms. The Hall–Kier alpha value is -4.05. The largest absolute Gasteiger partial charge is 0.465 e. The van der Waals surface area contributed by atoms with Crippen LogP contribution in [0.2, 0.25) is 5.02 Å². The number of benzene rings is 1. The average Bonchev–Trinajstić information content (AvgIpc) is 2.90. The van der Waals surface area contributed by atoms with Crippen LogP contribution in [0, 0.1) is 19.7 Å². The number of amides is 1. The summed E-state index contributed by atoms with van der Waals surface area (Å²) >= 11 is 6.80. The van der Waals surface area contributed by atoms with Crippen molar-refractivity contribution in [3.63, 3.8) is 0 Å². The number of rotatable bonds is 4. The fourth-order valence-corrected chi connectivity index (χ4v) is 5.95. The van der Waals surface area contributed by atoms with Crippen molar-refractivity contribution in [1.82, 2.24) is 24.4 Å². The van der Waals surface area contributed by atoms with Gasteiger partial charge in [0.25, 0.3) is 0 Å². The molecule has 0 saturated carbocycles. The lowest BCUT2D eigenvalue weighted by Gasteiger charge is -2.44. The summed E-state index contributed by atoms with van der Waals surface area (Å²) in [5.74, 6) is -0.152. The van der Waals surface area contributed by atoms with Crippen molar-refractivity contribution in [2.75, 3.05) is 18.0 Å². The van der Waals surface area contributed by atoms with Gasteiger partial charge in [-0.2, -0.15) is 4.98 Å². The maximum atomic E-state index is 15.1. The molecular weight excluding hydrogens is 547 g/mol. The SMILES string of the molecule is Cc1ccc(F)c(-c2nc3c(cc2Cl)c(N2C(C)CN(C(=O)O)CC2C)nc(=O)n3-c2c(C)ccnc2C(C)C)c1. The molecule has 1 saturated heterocycles. The first kappa shape index (κ1) is 28.5. The minimum atomic E-state index is -1.00. The minimum Gasteiger partial charge on any atom is -0.465 e. The number of carbonyl (C=O) groups is 1. The zero-order valence-corrected chi connectivity index (χ0v) is 24.6. The number of aryl methyl sites for hydroxylation is 2. The highest BCUT2D eigenvalue weighted by molar-refractivity contribution is 6.33. The lowest BCUT2D eigenvalue weighted by Crippen LogP contribution is -2.58. The van der Waals surface area contributed by atoms with E-state index < -0.39 is 17.6 Å². The Balaban J connectivity index is 1.87. The molecule has 214 valence electrons. The van der Waals surface area contributed by atoms with Crippen LogP contribution in [-0.4, -0.2) is 60.8 Å². The van der Waals surface area contributed by atoms with E-state index in [1.54, 1.807) is 24.4 Å². The molecule has 3 aromatic heterocycles. The summed E-state index contributed by atoms with van der Waals surface area (Å²) < 4.78 is 16.5. The molecule has 1 N–H and O–H groups in total. The van der Waals surface area contributed by atoms with E-state index in [-0.39, 0.29) is 53.0 Å². The number of anilines is 1. The molecule has 5 rings (SSSR count). The number of hydrogen-bond acceptors (Lipinski definition) is 6. The quantitative estimate of drug-likeness (QED) is 0.319. The molecular formula is C30H32ClFN6O3. The van der Waals surface area contributed by atoms with Crippen LogP contribution in [-0.2, 0) is 0 Å². The van der Waals surface area contributed by atoms with Gasteiger partial charge in [-0.25, -0.2) is 23.5 Å². The van der Waals surface area contributed by atoms with Crippen molar-refractivity contribution in [3.8, 4) is 16.9 Å². The van der Waals surface area contributed by atoms with Gasteiger partial charge in [-0.3, -0.25) is 4.98 Å². The fraction of sp³-hybridized carbons (Fsp3) is 0.367. The van der Waals surface area contributed by atoms with Gasteiger partial charge in [0.05, 0.1) is 27.5 Å². The van der Waals surface area contributed by atoms with Crippen LogP contribution in [0.25, 0.3) is 28.0 Å². The second kappa shape index (κ2) is 10.7. The average molecular weight is 579 g/mol. The highest BCUT2D eigenvalue weighted by Crippen LogP contribution is 2.37. The molecule has 0 bridgehead atoms. The molecule has 0 radical (unpaired) electrons. The summed E-state index contributed by atoms with van der Waals surface area (Å²) in [4.78, 5) is 43.0. The molecule has 1 aliphatic rings. The van der Waals surface area contributed by atoms with Crippen molar-refractivity contribution < 1.29 is 14.3 Å². The fourth-order valence-electron chi connectivity index (χ4n) is 5.69. The minimum absolute atomic E-state index is 0.0170. The Kier molecular flexibility index (Phi) is 7.46. The van der Waals surface area contributed by atoms with Crippen molar-refractivity contribution in [3.05, 3.63) is 74.7 Å². The van der Waals surface area contributed by atoms with E-state index in [0.29, 0.717) is 22.6 Å². The van der Waals surface area contributed by atoms with Crippen LogP contribution in [0.1, 0.15) is 50.4 Å². The molecule has 1 fully saturated rings. The zero-order valence-electron chi connectivity index (χ0n) is 23.8. The van der Waals surface area contributed by atoms with Gasteiger partial charge >= 0.3 is 11.8 Å². The van der Waals surface area contributed by atoms with Crippen molar-refractivity contribution in [2.45, 2.75) is 59.5 Å². The van der Waals surface area contributed by atoms with Gasteiger partial charge in [0.15, 0.2) is 5.65 Å². The molecule has 0 aliphatic carbocycles. The first-order chi connectivity index (χ1) is 19.4. The van der Waals surface area contributed by atoms with E-state index in [9.17, 15) is 14.7 Å². The number of aromatic nitrogens is 4. The van der Waals surface area contributed by atoms with Crippen LogP contribution < -0.4 is 10.6 Å². The summed E-state index contributed by atoms with van der Waals surface area (Å²) in [6.45, 7) is 12.0. The van der Waals surface area contributed by atoms with Crippen LogP contribution in [0.5, 0.6) is 0 Å². The predicted octanol–water partition coefficient (Wildman–Crippen LogP) is 5.95. The molecule has 4 aromatic rings. The van der Waals surface area contributed by atoms with Crippen LogP contribution in [0.15, 0.2) is 41.3 Å². The molecule has 1 amide bonds. The maximum absolute atomic E-state index is 15.1. The molecule has 41 heavy (non-hydrogen) atoms. The van der Waals surface area contributed by atoms with Crippen LogP contribution >= 0.6 is 11.6 Å². The number of pyridine rings is 2. The third-order valence-corrected chi connectivity index (χ3v) is 7.83. The Labute approximate surface area is 242 Å². The molecule has 1 aliphatic heterocycles. The van der Waals surface area contributed by atoms with Gasteiger partial charge < -0.3 is 14.9 Å². The summed E-state index contributed by atoms with van der Waals surface area (Å²) in [6, 6.07) is 7.61. The highest BCUT2D eigenvalue weighted by Gasteiger charge is 2.35. The van der Waals surface area contributed by atoms with Gasteiger partial charge in [0.1, 0.15) is 11.6 Å². The van der Waals surface area contributed by atoms with Gasteiger partial charge in [-0.05, 0) is 63.4 Å². The number of fused-ring (bicyclic) bond motifs is 1. The number of nitrogens with zero attached hydrogens (tertiary/aromatic N) is 6. The van der Waals surface area contributed by atoms with E-state index in [1.165, 1.54) is 15.5 Å². The molecule has 2 unspecified atom stereocenters. The summed E-state index contributed by atoms with van der Waals surface area (Å²) in [5.41, 5.74) is 3.01. The number of piperazine rings is 1. The lowest BCUT2D eigenvalue weighted by molar-refractivity contribution is 0.128. The normalized spacial score (nSPS) is 17.5. The van der Waals surface area contributed by atoms with Gasteiger partial charge in [-0.1, -0.05) is 37.1 Å². The molecule has 1 aromatic carbocycles. The summed E-state index contributed by atoms with van der Waals surface area (Å²) in [6.07, 6.45) is 0.700. The first-order valence-corrected chi connectivity index (χ1v) is 13.9. The van der Waals surface area contributed by atoms with Crippen LogP contribution in [0.4, 0.5) is 15.0 Å². The smallest absolute Gasteiger partial charge is 0.407 e. The van der Waals surface area contributed by atoms with Gasteiger partial charge in [0, 0.05) is 36.9 Å². The second-order valence-electron chi connectivity index (χ2n) is 11.0. The Morgan fingerprint density at radius 3 is 2.41 bits per heavy atom. The van der Waals surface area contributed by atoms with E-state index >= 15 is 4.39 Å². The number of hydrogen-bond donors (Lipinski definition) is 1. The third kappa shape index (κ3) is 5.01. The Morgan fingerprint density at radius 1 is 1.10 bits per heavy atom. The van der Waals surface area contributed by atoms with E-state index in [4.69, 9.17) is 16.6 Å². The van der Waals surface area contributed by atoms with Crippen molar-refractivity contribution in [2.24, 2.45) is 0 Å². The summed E-state index contributed by atoms with van der Waals surface area (Å²) in [7, 11) is 0. The maximum Gasteiger partial charge on any atom is 0.407 e. The third-order valence-electron chi connectivity index (χ3n) is 7.54. The second-order valence-corrected chi connectivity index (χ2v) is 11.4. The van der Waals surface area contributed by atoms with Gasteiger partial charge in [0.2, 0.25) is 0 Å². The van der Waals surface area contributed by atoms with Crippen molar-refractivity contribution in [1.29, 1.82) is 0 Å². The molecule has 9 nitrogen and oxygen atoms in total. The van der Waals surface area contributed by atoms with Crippen LogP contribution in [0.3, 0.4) is 0 Å². The topological polar surface area (TPSA) is 104 Å². The lowest BCUT2D eigenvalue weighted by atomic mass is 10.0. The Morgan fingerprint density at radius 2 is 1.78 bits per heavy atom. The first-order valence-electron chi connectivity index (χ1n) is 13.5. The van der Waals surface area contributed by atoms with Crippen molar-refractivity contribution >= 4 is 34.5 Å². The molecule has 2 atom stereocenters. The van der Waals surface area contributed by atoms with Gasteiger partial charge in [-0.15, -0.1) is 0 Å². The number of carboxylic acid groups (broad SMARTS) is 1. The zero-order chi connectivity index (χ0) is 29.7. The standard InChI is InChI=1S/C30H32ClFN6O3/c1-15(2)24-26(17(4)9-10-33-24)38-27-21(12-22(31)25(34-27)20-11-16(3)7-8-23(20)32)28(35-29(38)39)37-18(5)13-36(30(40)41)14-19(37)6/h7-12,15,18-19H,13-14H2,1-6H3,(H,40,41). The molecule has 11 heteroatoms. The predicted molar refractivity (Wildman–Crippen MR) is 158 cm³/mol. The van der Waals surface area contributed by atoms with E-state index in [2.05, 4.69) is 9.97 Å². The molecule has 4 heterocycles.